The second-order valence-electron chi connectivity index (χ2n) is 3.26. The number of halogens is 3. The summed E-state index contributed by atoms with van der Waals surface area (Å²) in [6, 6.07) is 1.61. The fourth-order valence-electron chi connectivity index (χ4n) is 1.23. The molecule has 0 saturated carbocycles. The summed E-state index contributed by atoms with van der Waals surface area (Å²) >= 11 is 0. The van der Waals surface area contributed by atoms with Gasteiger partial charge in [0.2, 0.25) is 0 Å². The topological polar surface area (TPSA) is 70.8 Å². The number of hydrogen-bond donors (Lipinski definition) is 0. The van der Waals surface area contributed by atoms with Crippen LogP contribution in [0.25, 0.3) is 10.4 Å². The van der Waals surface area contributed by atoms with E-state index in [0.717, 1.165) is 22.9 Å². The maximum atomic E-state index is 12.4. The van der Waals surface area contributed by atoms with Gasteiger partial charge < -0.3 is 4.57 Å². The number of alkyl halides is 3. The number of rotatable bonds is 4. The van der Waals surface area contributed by atoms with Crippen LogP contribution in [0.2, 0.25) is 0 Å². The van der Waals surface area contributed by atoms with Gasteiger partial charge >= 0.3 is 6.18 Å². The summed E-state index contributed by atoms with van der Waals surface area (Å²) in [7, 11) is 0. The molecule has 0 radical (unpaired) electrons. The average molecular weight is 246 g/mol. The Hall–Kier alpha value is -1.95. The third-order valence-corrected chi connectivity index (χ3v) is 2.03. The summed E-state index contributed by atoms with van der Waals surface area (Å²) in [6.45, 7) is 0.223. The number of pyridine rings is 1. The van der Waals surface area contributed by atoms with Crippen molar-refractivity contribution in [3.63, 3.8) is 0 Å². The number of hydrogen-bond acceptors (Lipinski definition) is 2. The Morgan fingerprint density at radius 3 is 2.71 bits per heavy atom. The quantitative estimate of drug-likeness (QED) is 0.348. The van der Waals surface area contributed by atoms with Gasteiger partial charge in [-0.15, -0.1) is 0 Å². The highest BCUT2D eigenvalue weighted by Gasteiger charge is 2.30. The van der Waals surface area contributed by atoms with Gasteiger partial charge in [-0.3, -0.25) is 4.79 Å². The van der Waals surface area contributed by atoms with Crippen LogP contribution >= 0.6 is 0 Å². The van der Waals surface area contributed by atoms with Crippen LogP contribution in [0, 0.1) is 0 Å². The molecule has 0 unspecified atom stereocenters. The van der Waals surface area contributed by atoms with E-state index >= 15 is 0 Å². The minimum Gasteiger partial charge on any atom is -0.315 e. The summed E-state index contributed by atoms with van der Waals surface area (Å²) < 4.78 is 38.0. The van der Waals surface area contributed by atoms with E-state index in [1.54, 1.807) is 0 Å². The molecule has 0 spiro atoms. The molecule has 0 aliphatic carbocycles. The fourth-order valence-corrected chi connectivity index (χ4v) is 1.23. The molecule has 0 fully saturated rings. The van der Waals surface area contributed by atoms with Crippen LogP contribution in [-0.2, 0) is 12.7 Å². The van der Waals surface area contributed by atoms with Crippen LogP contribution in [0.1, 0.15) is 12.0 Å². The van der Waals surface area contributed by atoms with Crippen molar-refractivity contribution in [1.82, 2.24) is 4.57 Å². The molecule has 1 aromatic heterocycles. The van der Waals surface area contributed by atoms with Crippen molar-refractivity contribution in [3.05, 3.63) is 44.7 Å². The van der Waals surface area contributed by atoms with E-state index in [0.29, 0.717) is 6.42 Å². The molecule has 17 heavy (non-hydrogen) atoms. The van der Waals surface area contributed by atoms with Crippen LogP contribution in [-0.4, -0.2) is 11.1 Å². The molecule has 1 rings (SSSR count). The maximum Gasteiger partial charge on any atom is 0.417 e. The second kappa shape index (κ2) is 5.40. The summed E-state index contributed by atoms with van der Waals surface area (Å²) in [6.07, 6.45) is -3.40. The highest BCUT2D eigenvalue weighted by molar-refractivity contribution is 5.13. The molecular formula is C9H9F3N4O. The van der Waals surface area contributed by atoms with Gasteiger partial charge in [-0.25, -0.2) is 0 Å². The molecule has 5 nitrogen and oxygen atoms in total. The Balaban J connectivity index is 2.84. The molecule has 0 N–H and O–H groups in total. The van der Waals surface area contributed by atoms with Crippen molar-refractivity contribution in [1.29, 1.82) is 0 Å². The van der Waals surface area contributed by atoms with Gasteiger partial charge in [0.25, 0.3) is 5.56 Å². The van der Waals surface area contributed by atoms with Crippen molar-refractivity contribution in [2.75, 3.05) is 6.54 Å². The van der Waals surface area contributed by atoms with Crippen molar-refractivity contribution in [2.45, 2.75) is 19.1 Å². The Labute approximate surface area is 94.1 Å². The molecule has 0 amide bonds. The highest BCUT2D eigenvalue weighted by atomic mass is 19.4. The normalized spacial score (nSPS) is 11.0. The van der Waals surface area contributed by atoms with Crippen molar-refractivity contribution in [3.8, 4) is 0 Å². The summed E-state index contributed by atoms with van der Waals surface area (Å²) in [5, 5.41) is 3.23. The Morgan fingerprint density at radius 2 is 2.12 bits per heavy atom. The zero-order valence-electron chi connectivity index (χ0n) is 8.68. The standard InChI is InChI=1S/C9H9F3N4O/c10-9(11,12)7-2-3-8(17)16(6-7)5-1-4-14-15-13/h2-3,6H,1,4-5H2. The predicted molar refractivity (Wildman–Crippen MR) is 54.3 cm³/mol. The number of aryl methyl sites for hydroxylation is 1. The largest absolute Gasteiger partial charge is 0.417 e. The minimum atomic E-state index is -4.47. The van der Waals surface area contributed by atoms with E-state index in [-0.39, 0.29) is 13.1 Å². The van der Waals surface area contributed by atoms with E-state index in [4.69, 9.17) is 5.53 Å². The Bertz CT molecular complexity index is 488. The van der Waals surface area contributed by atoms with Gasteiger partial charge in [0, 0.05) is 30.3 Å². The Kier molecular flexibility index (Phi) is 4.17. The molecule has 92 valence electrons. The molecule has 1 aromatic rings. The molecule has 0 atom stereocenters. The molecular weight excluding hydrogens is 237 g/mol. The van der Waals surface area contributed by atoms with Gasteiger partial charge in [0.05, 0.1) is 5.56 Å². The first-order valence-corrected chi connectivity index (χ1v) is 4.73. The smallest absolute Gasteiger partial charge is 0.315 e. The zero-order chi connectivity index (χ0) is 12.9. The lowest BCUT2D eigenvalue weighted by molar-refractivity contribution is -0.138. The van der Waals surface area contributed by atoms with Crippen molar-refractivity contribution >= 4 is 0 Å². The van der Waals surface area contributed by atoms with Crippen LogP contribution in [0.4, 0.5) is 13.2 Å². The molecule has 1 heterocycles. The summed E-state index contributed by atoms with van der Waals surface area (Å²) in [4.78, 5) is 13.8. The first-order chi connectivity index (χ1) is 7.95. The third kappa shape index (κ3) is 3.84. The zero-order valence-corrected chi connectivity index (χ0v) is 8.68. The van der Waals surface area contributed by atoms with Crippen molar-refractivity contribution in [2.24, 2.45) is 5.11 Å². The van der Waals surface area contributed by atoms with Crippen molar-refractivity contribution < 1.29 is 13.2 Å². The van der Waals surface area contributed by atoms with E-state index in [1.165, 1.54) is 0 Å². The first kappa shape index (κ1) is 13.1. The summed E-state index contributed by atoms with van der Waals surface area (Å²) in [5.41, 5.74) is 6.62. The number of azide groups is 1. The molecule has 8 heteroatoms. The third-order valence-electron chi connectivity index (χ3n) is 2.03. The maximum absolute atomic E-state index is 12.4. The predicted octanol–water partition coefficient (Wildman–Crippen LogP) is 2.57. The van der Waals surface area contributed by atoms with E-state index < -0.39 is 17.3 Å². The average Bonchev–Trinajstić information content (AvgIpc) is 2.25. The second-order valence-corrected chi connectivity index (χ2v) is 3.26. The van der Waals surface area contributed by atoms with Gasteiger partial charge in [-0.2, -0.15) is 13.2 Å². The van der Waals surface area contributed by atoms with Crippen LogP contribution in [0.5, 0.6) is 0 Å². The number of nitrogens with zero attached hydrogens (tertiary/aromatic N) is 4. The molecule has 0 aliphatic heterocycles. The van der Waals surface area contributed by atoms with E-state index in [2.05, 4.69) is 10.0 Å². The highest BCUT2D eigenvalue weighted by Crippen LogP contribution is 2.27. The number of aromatic nitrogens is 1. The van der Waals surface area contributed by atoms with Crippen LogP contribution < -0.4 is 5.56 Å². The monoisotopic (exact) mass is 246 g/mol. The fraction of sp³-hybridized carbons (Fsp3) is 0.444. The molecule has 0 aliphatic rings. The van der Waals surface area contributed by atoms with Gasteiger partial charge in [-0.05, 0) is 18.0 Å². The molecule has 0 saturated heterocycles. The van der Waals surface area contributed by atoms with Gasteiger partial charge in [0.15, 0.2) is 0 Å². The van der Waals surface area contributed by atoms with E-state index in [9.17, 15) is 18.0 Å². The summed E-state index contributed by atoms with van der Waals surface area (Å²) in [5.74, 6) is 0. The first-order valence-electron chi connectivity index (χ1n) is 4.73. The Morgan fingerprint density at radius 1 is 1.41 bits per heavy atom. The molecule has 0 bridgehead atoms. The van der Waals surface area contributed by atoms with Gasteiger partial charge in [-0.1, -0.05) is 5.11 Å². The van der Waals surface area contributed by atoms with Crippen LogP contribution in [0.15, 0.2) is 28.2 Å². The van der Waals surface area contributed by atoms with Gasteiger partial charge in [0.1, 0.15) is 0 Å². The minimum absolute atomic E-state index is 0.0851. The SMILES string of the molecule is [N-]=[N+]=NCCCn1cc(C(F)(F)F)ccc1=O. The van der Waals surface area contributed by atoms with E-state index in [1.807, 2.05) is 0 Å². The lowest BCUT2D eigenvalue weighted by Crippen LogP contribution is -2.21. The van der Waals surface area contributed by atoms with Crippen LogP contribution in [0.3, 0.4) is 0 Å². The lowest BCUT2D eigenvalue weighted by Gasteiger charge is -2.09. The lowest BCUT2D eigenvalue weighted by atomic mass is 10.2. The molecule has 0 aromatic carbocycles.